The third-order valence-corrected chi connectivity index (χ3v) is 3.43. The molecule has 1 aliphatic rings. The van der Waals surface area contributed by atoms with Crippen molar-refractivity contribution in [2.45, 2.75) is 33.6 Å². The van der Waals surface area contributed by atoms with Crippen LogP contribution < -0.4 is 10.9 Å². The lowest BCUT2D eigenvalue weighted by Gasteiger charge is -2.32. The van der Waals surface area contributed by atoms with E-state index < -0.39 is 4.92 Å². The first-order chi connectivity index (χ1) is 9.35. The molecule has 0 saturated carbocycles. The van der Waals surface area contributed by atoms with Crippen LogP contribution >= 0.6 is 0 Å². The molecule has 0 heterocycles. The minimum absolute atomic E-state index is 0.0862. The Morgan fingerprint density at radius 2 is 2.10 bits per heavy atom. The quantitative estimate of drug-likeness (QED) is 0.647. The topological polar surface area (TPSA) is 67.2 Å². The summed E-state index contributed by atoms with van der Waals surface area (Å²) < 4.78 is 0. The highest BCUT2D eigenvalue weighted by atomic mass is 16.6. The number of rotatable bonds is 4. The third-order valence-electron chi connectivity index (χ3n) is 3.43. The smallest absolute Gasteiger partial charge is 0.271 e. The lowest BCUT2D eigenvalue weighted by atomic mass is 9.76. The number of hydrazine groups is 1. The van der Waals surface area contributed by atoms with Gasteiger partial charge in [0.1, 0.15) is 0 Å². The number of hydrogen-bond acceptors (Lipinski definition) is 4. The van der Waals surface area contributed by atoms with Gasteiger partial charge in [-0.2, -0.15) is 0 Å². The number of anilines is 1. The van der Waals surface area contributed by atoms with Gasteiger partial charge >= 0.3 is 0 Å². The van der Waals surface area contributed by atoms with Gasteiger partial charge in [-0.1, -0.05) is 32.9 Å². The maximum Gasteiger partial charge on any atom is 0.271 e. The normalized spacial score (nSPS) is 20.9. The van der Waals surface area contributed by atoms with Gasteiger partial charge < -0.3 is 10.9 Å². The van der Waals surface area contributed by atoms with Crippen molar-refractivity contribution in [2.24, 2.45) is 11.3 Å². The van der Waals surface area contributed by atoms with Gasteiger partial charge in [0.15, 0.2) is 0 Å². The van der Waals surface area contributed by atoms with E-state index in [-0.39, 0.29) is 11.1 Å². The van der Waals surface area contributed by atoms with Crippen LogP contribution in [0.25, 0.3) is 0 Å². The zero-order chi connectivity index (χ0) is 14.8. The number of benzene rings is 1. The molecule has 20 heavy (non-hydrogen) atoms. The second-order valence-corrected chi connectivity index (χ2v) is 6.23. The first-order valence-corrected chi connectivity index (χ1v) is 6.84. The molecule has 0 radical (unpaired) electrons. The summed E-state index contributed by atoms with van der Waals surface area (Å²) in [6.45, 7) is 6.68. The van der Waals surface area contributed by atoms with Gasteiger partial charge in [-0.15, -0.1) is 0 Å². The van der Waals surface area contributed by atoms with Crippen molar-refractivity contribution in [3.63, 3.8) is 0 Å². The maximum absolute atomic E-state index is 10.7. The minimum Gasteiger partial charge on any atom is -0.305 e. The highest BCUT2D eigenvalue weighted by Gasteiger charge is 2.25. The van der Waals surface area contributed by atoms with Crippen molar-refractivity contribution in [1.82, 2.24) is 5.43 Å². The van der Waals surface area contributed by atoms with E-state index in [4.69, 9.17) is 0 Å². The van der Waals surface area contributed by atoms with Crippen LogP contribution in [0.3, 0.4) is 0 Å². The fraction of sp³-hybridized carbons (Fsp3) is 0.467. The summed E-state index contributed by atoms with van der Waals surface area (Å²) in [4.78, 5) is 10.3. The summed E-state index contributed by atoms with van der Waals surface area (Å²) in [5.41, 5.74) is 8.32. The molecule has 0 aromatic heterocycles. The molecule has 0 fully saturated rings. The fourth-order valence-electron chi connectivity index (χ4n) is 2.87. The predicted octanol–water partition coefficient (Wildman–Crippen LogP) is 3.85. The Labute approximate surface area is 119 Å². The molecule has 1 aromatic rings. The Balaban J connectivity index is 2.03. The molecule has 0 bridgehead atoms. The van der Waals surface area contributed by atoms with E-state index in [9.17, 15) is 10.1 Å². The minimum atomic E-state index is -0.393. The maximum atomic E-state index is 10.7. The summed E-state index contributed by atoms with van der Waals surface area (Å²) in [6.07, 6.45) is 4.40. The zero-order valence-electron chi connectivity index (χ0n) is 12.1. The molecular weight excluding hydrogens is 254 g/mol. The molecule has 2 rings (SSSR count). The van der Waals surface area contributed by atoms with Crippen molar-refractivity contribution >= 4 is 11.4 Å². The van der Waals surface area contributed by atoms with Crippen LogP contribution in [0.1, 0.15) is 33.6 Å². The van der Waals surface area contributed by atoms with Crippen LogP contribution in [0.2, 0.25) is 0 Å². The SMILES string of the molecule is C[C@H]1CC(NNc2cccc([N+](=O)[O-])c2)=CC(C)(C)C1. The molecule has 0 amide bonds. The summed E-state index contributed by atoms with van der Waals surface area (Å²) >= 11 is 0. The van der Waals surface area contributed by atoms with Crippen LogP contribution in [-0.4, -0.2) is 4.92 Å². The molecule has 1 atom stereocenters. The van der Waals surface area contributed by atoms with Crippen LogP contribution in [0.15, 0.2) is 36.0 Å². The van der Waals surface area contributed by atoms with Crippen molar-refractivity contribution in [3.05, 3.63) is 46.2 Å². The van der Waals surface area contributed by atoms with E-state index >= 15 is 0 Å². The predicted molar refractivity (Wildman–Crippen MR) is 80.1 cm³/mol. The van der Waals surface area contributed by atoms with Gasteiger partial charge in [-0.3, -0.25) is 10.1 Å². The second-order valence-electron chi connectivity index (χ2n) is 6.23. The lowest BCUT2D eigenvalue weighted by Crippen LogP contribution is -2.29. The molecule has 2 N–H and O–H groups in total. The molecule has 1 aromatic carbocycles. The van der Waals surface area contributed by atoms with Crippen molar-refractivity contribution in [2.75, 3.05) is 5.43 Å². The molecular formula is C15H21N3O2. The summed E-state index contributed by atoms with van der Waals surface area (Å²) in [6, 6.07) is 6.48. The number of nitrogens with zero attached hydrogens (tertiary/aromatic N) is 1. The lowest BCUT2D eigenvalue weighted by molar-refractivity contribution is -0.384. The van der Waals surface area contributed by atoms with E-state index in [1.165, 1.54) is 18.6 Å². The van der Waals surface area contributed by atoms with Gasteiger partial charge in [0, 0.05) is 17.8 Å². The number of hydrogen-bond donors (Lipinski definition) is 2. The van der Waals surface area contributed by atoms with Gasteiger partial charge in [0.2, 0.25) is 0 Å². The zero-order valence-corrected chi connectivity index (χ0v) is 12.1. The Morgan fingerprint density at radius 3 is 2.75 bits per heavy atom. The van der Waals surface area contributed by atoms with Gasteiger partial charge in [-0.05, 0) is 30.2 Å². The molecule has 0 unspecified atom stereocenters. The largest absolute Gasteiger partial charge is 0.305 e. The Hall–Kier alpha value is -2.04. The third kappa shape index (κ3) is 3.73. The Kier molecular flexibility index (Phi) is 3.97. The second kappa shape index (κ2) is 5.53. The first kappa shape index (κ1) is 14.4. The molecule has 0 spiro atoms. The van der Waals surface area contributed by atoms with Crippen LogP contribution in [0.4, 0.5) is 11.4 Å². The molecule has 108 valence electrons. The molecule has 0 saturated heterocycles. The number of nitro groups is 1. The van der Waals surface area contributed by atoms with E-state index in [1.807, 2.05) is 0 Å². The standard InChI is InChI=1S/C15H21N3O2/c1-11-7-13(10-15(2,3)9-11)17-16-12-5-4-6-14(8-12)18(19)20/h4-6,8,10-11,16-17H,7,9H2,1-3H3/t11-/m0/s1. The van der Waals surface area contributed by atoms with Crippen LogP contribution in [-0.2, 0) is 0 Å². The fourth-order valence-corrected chi connectivity index (χ4v) is 2.87. The molecule has 0 aliphatic heterocycles. The van der Waals surface area contributed by atoms with Crippen molar-refractivity contribution < 1.29 is 4.92 Å². The van der Waals surface area contributed by atoms with Gasteiger partial charge in [0.05, 0.1) is 10.6 Å². The van der Waals surface area contributed by atoms with Crippen molar-refractivity contribution in [3.8, 4) is 0 Å². The Morgan fingerprint density at radius 1 is 1.35 bits per heavy atom. The Bertz CT molecular complexity index is 538. The average molecular weight is 275 g/mol. The summed E-state index contributed by atoms with van der Waals surface area (Å²) in [5, 5.41) is 10.7. The van der Waals surface area contributed by atoms with E-state index in [1.54, 1.807) is 12.1 Å². The van der Waals surface area contributed by atoms with Gasteiger partial charge in [0.25, 0.3) is 5.69 Å². The molecule has 5 heteroatoms. The summed E-state index contributed by atoms with van der Waals surface area (Å²) in [7, 11) is 0. The van der Waals surface area contributed by atoms with E-state index in [2.05, 4.69) is 37.7 Å². The monoisotopic (exact) mass is 275 g/mol. The van der Waals surface area contributed by atoms with Gasteiger partial charge in [-0.25, -0.2) is 0 Å². The first-order valence-electron chi connectivity index (χ1n) is 6.84. The summed E-state index contributed by atoms with van der Waals surface area (Å²) in [5.74, 6) is 0.629. The van der Waals surface area contributed by atoms with Crippen LogP contribution in [0.5, 0.6) is 0 Å². The van der Waals surface area contributed by atoms with E-state index in [0.29, 0.717) is 11.6 Å². The molecule has 5 nitrogen and oxygen atoms in total. The van der Waals surface area contributed by atoms with Crippen molar-refractivity contribution in [1.29, 1.82) is 0 Å². The number of nitro benzene ring substituents is 1. The number of allylic oxidation sites excluding steroid dienone is 2. The van der Waals surface area contributed by atoms with E-state index in [0.717, 1.165) is 12.1 Å². The number of nitrogens with one attached hydrogen (secondary N) is 2. The van der Waals surface area contributed by atoms with Crippen LogP contribution in [0, 0.1) is 21.4 Å². The highest BCUT2D eigenvalue weighted by molar-refractivity contribution is 5.50. The number of non-ortho nitro benzene ring substituents is 1. The average Bonchev–Trinajstić information content (AvgIpc) is 2.34. The highest BCUT2D eigenvalue weighted by Crippen LogP contribution is 2.35. The molecule has 1 aliphatic carbocycles.